The summed E-state index contributed by atoms with van der Waals surface area (Å²) in [7, 11) is 5.03. The summed E-state index contributed by atoms with van der Waals surface area (Å²) in [5, 5.41) is 14.8. The molecule has 2 aromatic carbocycles. The second-order valence-corrected chi connectivity index (χ2v) is 12.0. The molecule has 1 aliphatic heterocycles. The number of ether oxygens (including phenoxy) is 2. The quantitative estimate of drug-likeness (QED) is 0.155. The number of amides is 1. The van der Waals surface area contributed by atoms with Gasteiger partial charge in [0, 0.05) is 74.1 Å². The molecule has 0 radical (unpaired) electrons. The lowest BCUT2D eigenvalue weighted by Crippen LogP contribution is -2.35. The van der Waals surface area contributed by atoms with Crippen LogP contribution in [0, 0.1) is 0 Å². The van der Waals surface area contributed by atoms with Gasteiger partial charge in [-0.15, -0.1) is 0 Å². The predicted molar refractivity (Wildman–Crippen MR) is 184 cm³/mol. The van der Waals surface area contributed by atoms with Crippen molar-refractivity contribution >= 4 is 29.1 Å². The van der Waals surface area contributed by atoms with Crippen LogP contribution in [0.25, 0.3) is 33.6 Å². The number of benzene rings is 2. The number of carbonyl (C=O) groups excluding carboxylic acids is 1. The number of carbonyl (C=O) groups is 1. The van der Waals surface area contributed by atoms with Gasteiger partial charge in [-0.05, 0) is 12.5 Å². The SMILES string of the molecule is COc1nc(-c2cccc(-c3cccc(-c4cnc(CNC[C@@H]5CCC(=O)N5)c(OC)n4)c3Cl)c2Cl)cnc1CNCc1ccnn1C. The molecule has 0 unspecified atom stereocenters. The van der Waals surface area contributed by atoms with Crippen molar-refractivity contribution in [2.75, 3.05) is 20.8 Å². The molecule has 248 valence electrons. The van der Waals surface area contributed by atoms with Crippen molar-refractivity contribution in [3.05, 3.63) is 88.2 Å². The lowest BCUT2D eigenvalue weighted by Gasteiger charge is -2.15. The van der Waals surface area contributed by atoms with Gasteiger partial charge in [-0.2, -0.15) is 5.10 Å². The third-order valence-corrected chi connectivity index (χ3v) is 8.95. The van der Waals surface area contributed by atoms with Crippen molar-refractivity contribution in [1.82, 2.24) is 45.7 Å². The number of hydrogen-bond acceptors (Lipinski definition) is 10. The summed E-state index contributed by atoms with van der Waals surface area (Å²) in [6, 6.07) is 13.5. The van der Waals surface area contributed by atoms with E-state index < -0.39 is 0 Å². The zero-order valence-corrected chi connectivity index (χ0v) is 28.3. The molecule has 3 N–H and O–H groups in total. The van der Waals surface area contributed by atoms with Gasteiger partial charge in [0.05, 0.1) is 53.7 Å². The first kappa shape index (κ1) is 33.3. The average molecular weight is 689 g/mol. The van der Waals surface area contributed by atoms with E-state index in [-0.39, 0.29) is 11.9 Å². The van der Waals surface area contributed by atoms with Gasteiger partial charge in [0.15, 0.2) is 0 Å². The second kappa shape index (κ2) is 15.1. The first-order valence-corrected chi connectivity index (χ1v) is 16.2. The summed E-state index contributed by atoms with van der Waals surface area (Å²) in [6.07, 6.45) is 6.50. The standard InChI is InChI=1S/C34H35Cl2N9O3/c1-45-21(12-13-41-45)15-38-17-29-34(48-3)44-27(19-40-29)25-9-5-7-23(32(25)36)22-6-4-8-24(31(22)35)26-18-39-28(33(43-26)47-2)16-37-14-20-10-11-30(46)42-20/h4-9,12-13,18-20,37-38H,10-11,14-17H2,1-3H3,(H,42,46)/t20-/m0/s1. The number of methoxy groups -OCH3 is 2. The van der Waals surface area contributed by atoms with E-state index in [1.165, 1.54) is 0 Å². The van der Waals surface area contributed by atoms with Crippen molar-refractivity contribution in [3.63, 3.8) is 0 Å². The molecule has 1 amide bonds. The molecular formula is C34H35Cl2N9O3. The van der Waals surface area contributed by atoms with Gasteiger partial charge in [0.25, 0.3) is 0 Å². The fourth-order valence-corrected chi connectivity index (χ4v) is 6.23. The van der Waals surface area contributed by atoms with Crippen molar-refractivity contribution in [3.8, 4) is 45.4 Å². The minimum atomic E-state index is 0.0834. The van der Waals surface area contributed by atoms with Crippen molar-refractivity contribution in [1.29, 1.82) is 0 Å². The molecule has 12 nitrogen and oxygen atoms in total. The Morgan fingerprint density at radius 2 is 1.40 bits per heavy atom. The Hall–Kier alpha value is -4.62. The lowest BCUT2D eigenvalue weighted by molar-refractivity contribution is -0.119. The highest BCUT2D eigenvalue weighted by atomic mass is 35.5. The Balaban J connectivity index is 1.22. The average Bonchev–Trinajstić information content (AvgIpc) is 3.72. The van der Waals surface area contributed by atoms with E-state index in [0.29, 0.717) is 88.3 Å². The highest BCUT2D eigenvalue weighted by Gasteiger charge is 2.21. The minimum Gasteiger partial charge on any atom is -0.480 e. The van der Waals surface area contributed by atoms with Crippen LogP contribution in [0.15, 0.2) is 61.1 Å². The van der Waals surface area contributed by atoms with Gasteiger partial charge in [-0.25, -0.2) is 9.97 Å². The Labute approximate surface area is 288 Å². The Kier molecular flexibility index (Phi) is 10.5. The number of halogens is 2. The second-order valence-electron chi connectivity index (χ2n) is 11.2. The highest BCUT2D eigenvalue weighted by molar-refractivity contribution is 6.39. The molecule has 0 aliphatic carbocycles. The maximum absolute atomic E-state index is 11.5. The van der Waals surface area contributed by atoms with E-state index >= 15 is 0 Å². The molecule has 4 heterocycles. The van der Waals surface area contributed by atoms with Gasteiger partial charge in [0.1, 0.15) is 11.4 Å². The van der Waals surface area contributed by atoms with Crippen molar-refractivity contribution in [2.45, 2.75) is 38.5 Å². The molecule has 0 saturated carbocycles. The van der Waals surface area contributed by atoms with E-state index in [0.717, 1.165) is 23.2 Å². The van der Waals surface area contributed by atoms with Gasteiger partial charge in [0.2, 0.25) is 17.7 Å². The fourth-order valence-electron chi connectivity index (χ4n) is 5.58. The molecular weight excluding hydrogens is 653 g/mol. The van der Waals surface area contributed by atoms with Crippen LogP contribution in [0.3, 0.4) is 0 Å². The number of aryl methyl sites for hydroxylation is 1. The maximum atomic E-state index is 11.5. The topological polar surface area (TPSA) is 141 Å². The zero-order chi connectivity index (χ0) is 33.6. The first-order chi connectivity index (χ1) is 23.4. The molecule has 1 fully saturated rings. The zero-order valence-electron chi connectivity index (χ0n) is 26.8. The largest absolute Gasteiger partial charge is 0.480 e. The maximum Gasteiger partial charge on any atom is 0.237 e. The number of aromatic nitrogens is 6. The predicted octanol–water partition coefficient (Wildman–Crippen LogP) is 4.98. The monoisotopic (exact) mass is 687 g/mol. The molecule has 14 heteroatoms. The van der Waals surface area contributed by atoms with E-state index in [1.54, 1.807) is 32.8 Å². The number of hydrogen-bond donors (Lipinski definition) is 3. The molecule has 3 aromatic heterocycles. The van der Waals surface area contributed by atoms with Crippen LogP contribution >= 0.6 is 23.2 Å². The van der Waals surface area contributed by atoms with E-state index in [9.17, 15) is 4.79 Å². The Morgan fingerprint density at radius 3 is 1.90 bits per heavy atom. The van der Waals surface area contributed by atoms with Gasteiger partial charge in [-0.3, -0.25) is 19.4 Å². The third kappa shape index (κ3) is 7.26. The molecule has 0 spiro atoms. The van der Waals surface area contributed by atoms with Crippen molar-refractivity contribution in [2.24, 2.45) is 7.05 Å². The smallest absolute Gasteiger partial charge is 0.237 e. The normalized spacial score (nSPS) is 14.3. The number of nitrogens with zero attached hydrogens (tertiary/aromatic N) is 6. The van der Waals surface area contributed by atoms with Crippen LogP contribution in [-0.2, 0) is 31.5 Å². The summed E-state index contributed by atoms with van der Waals surface area (Å²) in [5.74, 6) is 0.878. The van der Waals surface area contributed by atoms with Crippen LogP contribution in [-0.4, -0.2) is 62.4 Å². The van der Waals surface area contributed by atoms with Crippen LogP contribution in [0.1, 0.15) is 29.9 Å². The molecule has 48 heavy (non-hydrogen) atoms. The Bertz CT molecular complexity index is 1930. The minimum absolute atomic E-state index is 0.0834. The third-order valence-electron chi connectivity index (χ3n) is 8.14. The van der Waals surface area contributed by atoms with Gasteiger partial charge < -0.3 is 25.4 Å². The summed E-state index contributed by atoms with van der Waals surface area (Å²) < 4.78 is 13.0. The fraction of sp³-hybridized carbons (Fsp3) is 0.294. The molecule has 1 atom stereocenters. The lowest BCUT2D eigenvalue weighted by atomic mass is 9.98. The van der Waals surface area contributed by atoms with E-state index in [1.807, 2.05) is 54.2 Å². The number of rotatable bonds is 13. The van der Waals surface area contributed by atoms with Gasteiger partial charge >= 0.3 is 0 Å². The van der Waals surface area contributed by atoms with E-state index in [4.69, 9.17) is 42.6 Å². The van der Waals surface area contributed by atoms with Crippen LogP contribution in [0.5, 0.6) is 11.8 Å². The summed E-state index contributed by atoms with van der Waals surface area (Å²) in [4.78, 5) is 30.2. The van der Waals surface area contributed by atoms with Crippen LogP contribution < -0.4 is 25.4 Å². The molecule has 1 saturated heterocycles. The summed E-state index contributed by atoms with van der Waals surface area (Å²) in [6.45, 7) is 2.16. The molecule has 5 aromatic rings. The summed E-state index contributed by atoms with van der Waals surface area (Å²) >= 11 is 14.1. The first-order valence-electron chi connectivity index (χ1n) is 15.4. The molecule has 6 rings (SSSR count). The van der Waals surface area contributed by atoms with E-state index in [2.05, 4.69) is 31.0 Å². The van der Waals surface area contributed by atoms with Crippen molar-refractivity contribution < 1.29 is 14.3 Å². The van der Waals surface area contributed by atoms with Crippen LogP contribution in [0.2, 0.25) is 10.0 Å². The summed E-state index contributed by atoms with van der Waals surface area (Å²) in [5.41, 5.74) is 6.31. The highest BCUT2D eigenvalue weighted by Crippen LogP contribution is 2.42. The molecule has 1 aliphatic rings. The van der Waals surface area contributed by atoms with Gasteiger partial charge in [-0.1, -0.05) is 59.6 Å². The number of nitrogens with one attached hydrogen (secondary N) is 3. The molecule has 0 bridgehead atoms. The van der Waals surface area contributed by atoms with Crippen LogP contribution in [0.4, 0.5) is 0 Å². The Morgan fingerprint density at radius 1 is 0.833 bits per heavy atom.